The smallest absolute Gasteiger partial charge is 0.111 e. The molecule has 1 fully saturated rings. The molecule has 1 N–H and O–H groups in total. The molecule has 0 saturated heterocycles. The lowest BCUT2D eigenvalue weighted by Gasteiger charge is -2.30. The molecule has 0 radical (unpaired) electrons. The van der Waals surface area contributed by atoms with Gasteiger partial charge in [0.1, 0.15) is 5.01 Å². The normalized spacial score (nSPS) is 18.8. The van der Waals surface area contributed by atoms with Crippen molar-refractivity contribution in [3.8, 4) is 0 Å². The van der Waals surface area contributed by atoms with Gasteiger partial charge in [-0.25, -0.2) is 4.98 Å². The first-order valence-corrected chi connectivity index (χ1v) is 6.89. The van der Waals surface area contributed by atoms with Crippen LogP contribution in [0.3, 0.4) is 0 Å². The number of nitrogens with zero attached hydrogens (tertiary/aromatic N) is 1. The van der Waals surface area contributed by atoms with E-state index in [2.05, 4.69) is 39.9 Å². The van der Waals surface area contributed by atoms with Gasteiger partial charge in [0.05, 0.1) is 11.7 Å². The third-order valence-electron chi connectivity index (χ3n) is 3.14. The molecule has 0 bridgehead atoms. The second-order valence-corrected chi connectivity index (χ2v) is 7.17. The number of aromatic nitrogens is 1. The molecule has 0 aliphatic heterocycles. The fourth-order valence-electron chi connectivity index (χ4n) is 1.80. The second kappa shape index (κ2) is 4.11. The molecule has 0 spiro atoms. The van der Waals surface area contributed by atoms with Gasteiger partial charge in [-0.2, -0.15) is 0 Å². The molecule has 16 heavy (non-hydrogen) atoms. The van der Waals surface area contributed by atoms with E-state index in [4.69, 9.17) is 4.98 Å². The standard InChI is InChI=1S/C13H22N2S/c1-8-9(2)16-12(14-8)11(13(3,4)5)15-10-6-7-10/h10-11,15H,6-7H2,1-5H3. The highest BCUT2D eigenvalue weighted by Gasteiger charge is 2.34. The highest BCUT2D eigenvalue weighted by atomic mass is 32.1. The van der Waals surface area contributed by atoms with Crippen molar-refractivity contribution in [1.82, 2.24) is 10.3 Å². The SMILES string of the molecule is Cc1nc(C(NC2CC2)C(C)(C)C)sc1C. The van der Waals surface area contributed by atoms with Crippen molar-refractivity contribution in [2.45, 2.75) is 59.5 Å². The molecule has 0 aromatic carbocycles. The molecule has 2 nitrogen and oxygen atoms in total. The summed E-state index contributed by atoms with van der Waals surface area (Å²) in [5.41, 5.74) is 1.42. The zero-order valence-electron chi connectivity index (χ0n) is 10.9. The lowest BCUT2D eigenvalue weighted by atomic mass is 9.87. The molecule has 1 heterocycles. The number of hydrogen-bond acceptors (Lipinski definition) is 3. The highest BCUT2D eigenvalue weighted by molar-refractivity contribution is 7.11. The number of nitrogens with one attached hydrogen (secondary N) is 1. The summed E-state index contributed by atoms with van der Waals surface area (Å²) in [6.07, 6.45) is 2.66. The van der Waals surface area contributed by atoms with Crippen LogP contribution in [-0.4, -0.2) is 11.0 Å². The summed E-state index contributed by atoms with van der Waals surface area (Å²) in [6, 6.07) is 1.13. The largest absolute Gasteiger partial charge is 0.305 e. The van der Waals surface area contributed by atoms with Gasteiger partial charge in [0.2, 0.25) is 0 Å². The van der Waals surface area contributed by atoms with E-state index in [1.807, 2.05) is 11.3 Å². The van der Waals surface area contributed by atoms with Gasteiger partial charge >= 0.3 is 0 Å². The Morgan fingerprint density at radius 3 is 2.31 bits per heavy atom. The molecule has 2 rings (SSSR count). The summed E-state index contributed by atoms with van der Waals surface area (Å²) >= 11 is 1.85. The van der Waals surface area contributed by atoms with Crippen molar-refractivity contribution in [3.05, 3.63) is 15.6 Å². The van der Waals surface area contributed by atoms with E-state index < -0.39 is 0 Å². The molecule has 1 aliphatic carbocycles. The summed E-state index contributed by atoms with van der Waals surface area (Å²) in [5.74, 6) is 0. The minimum atomic E-state index is 0.235. The van der Waals surface area contributed by atoms with Crippen molar-refractivity contribution < 1.29 is 0 Å². The molecule has 0 amide bonds. The Bertz CT molecular complexity index is 352. The van der Waals surface area contributed by atoms with Crippen LogP contribution in [0.5, 0.6) is 0 Å². The first-order valence-electron chi connectivity index (χ1n) is 6.08. The number of hydrogen-bond donors (Lipinski definition) is 1. The van der Waals surface area contributed by atoms with Crippen molar-refractivity contribution >= 4 is 11.3 Å². The maximum atomic E-state index is 4.71. The predicted octanol–water partition coefficient (Wildman–Crippen LogP) is 3.60. The first kappa shape index (κ1) is 12.1. The van der Waals surface area contributed by atoms with E-state index in [9.17, 15) is 0 Å². The summed E-state index contributed by atoms with van der Waals surface area (Å²) in [7, 11) is 0. The quantitative estimate of drug-likeness (QED) is 0.870. The highest BCUT2D eigenvalue weighted by Crippen LogP contribution is 2.38. The molecule has 1 aliphatic rings. The monoisotopic (exact) mass is 238 g/mol. The molecular formula is C13H22N2S. The summed E-state index contributed by atoms with van der Waals surface area (Å²) in [5, 5.41) is 4.99. The van der Waals surface area contributed by atoms with Gasteiger partial charge in [-0.3, -0.25) is 0 Å². The molecule has 90 valence electrons. The second-order valence-electron chi connectivity index (χ2n) is 5.93. The average Bonchev–Trinajstić information content (AvgIpc) is 2.89. The van der Waals surface area contributed by atoms with Crippen LogP contribution in [0.1, 0.15) is 55.2 Å². The molecule has 1 aromatic rings. The van der Waals surface area contributed by atoms with Crippen LogP contribution in [-0.2, 0) is 0 Å². The van der Waals surface area contributed by atoms with Gasteiger partial charge in [0, 0.05) is 10.9 Å². The Morgan fingerprint density at radius 2 is 1.94 bits per heavy atom. The minimum absolute atomic E-state index is 0.235. The zero-order valence-corrected chi connectivity index (χ0v) is 11.7. The molecule has 1 atom stereocenters. The van der Waals surface area contributed by atoms with E-state index in [0.29, 0.717) is 6.04 Å². The molecule has 1 saturated carbocycles. The maximum Gasteiger partial charge on any atom is 0.111 e. The summed E-state index contributed by atoms with van der Waals surface area (Å²) < 4.78 is 0. The van der Waals surface area contributed by atoms with Crippen LogP contribution in [0.25, 0.3) is 0 Å². The number of rotatable bonds is 3. The third kappa shape index (κ3) is 2.64. The maximum absolute atomic E-state index is 4.71. The fourth-order valence-corrected chi connectivity index (χ4v) is 3.03. The Balaban J connectivity index is 2.23. The first-order chi connectivity index (χ1) is 7.38. The van der Waals surface area contributed by atoms with Crippen molar-refractivity contribution in [3.63, 3.8) is 0 Å². The van der Waals surface area contributed by atoms with E-state index >= 15 is 0 Å². The lowest BCUT2D eigenvalue weighted by molar-refractivity contribution is 0.269. The zero-order chi connectivity index (χ0) is 11.9. The number of thiazole rings is 1. The van der Waals surface area contributed by atoms with Crippen LogP contribution >= 0.6 is 11.3 Å². The van der Waals surface area contributed by atoms with E-state index in [1.165, 1.54) is 28.4 Å². The van der Waals surface area contributed by atoms with Crippen LogP contribution in [0, 0.1) is 19.3 Å². The van der Waals surface area contributed by atoms with Gasteiger partial charge in [0.15, 0.2) is 0 Å². The summed E-state index contributed by atoms with van der Waals surface area (Å²) in [6.45, 7) is 11.1. The Morgan fingerprint density at radius 1 is 1.31 bits per heavy atom. The lowest BCUT2D eigenvalue weighted by Crippen LogP contribution is -2.33. The summed E-state index contributed by atoms with van der Waals surface area (Å²) in [4.78, 5) is 6.06. The van der Waals surface area contributed by atoms with E-state index in [0.717, 1.165) is 6.04 Å². The third-order valence-corrected chi connectivity index (χ3v) is 4.28. The van der Waals surface area contributed by atoms with Gasteiger partial charge in [-0.15, -0.1) is 11.3 Å². The van der Waals surface area contributed by atoms with Gasteiger partial charge < -0.3 is 5.32 Å². The van der Waals surface area contributed by atoms with Gasteiger partial charge in [0.25, 0.3) is 0 Å². The van der Waals surface area contributed by atoms with E-state index in [1.54, 1.807) is 0 Å². The number of aryl methyl sites for hydroxylation is 2. The van der Waals surface area contributed by atoms with E-state index in [-0.39, 0.29) is 5.41 Å². The van der Waals surface area contributed by atoms with Crippen LogP contribution in [0.4, 0.5) is 0 Å². The van der Waals surface area contributed by atoms with Crippen LogP contribution in [0.15, 0.2) is 0 Å². The van der Waals surface area contributed by atoms with Crippen molar-refractivity contribution in [1.29, 1.82) is 0 Å². The minimum Gasteiger partial charge on any atom is -0.305 e. The Labute approximate surface area is 102 Å². The molecule has 1 aromatic heterocycles. The van der Waals surface area contributed by atoms with Crippen LogP contribution in [0.2, 0.25) is 0 Å². The molecule has 1 unspecified atom stereocenters. The van der Waals surface area contributed by atoms with Gasteiger partial charge in [-0.05, 0) is 32.1 Å². The average molecular weight is 238 g/mol. The fraction of sp³-hybridized carbons (Fsp3) is 0.769. The Kier molecular flexibility index (Phi) is 3.10. The predicted molar refractivity (Wildman–Crippen MR) is 69.9 cm³/mol. The Hall–Kier alpha value is -0.410. The van der Waals surface area contributed by atoms with Crippen molar-refractivity contribution in [2.24, 2.45) is 5.41 Å². The topological polar surface area (TPSA) is 24.9 Å². The van der Waals surface area contributed by atoms with Crippen molar-refractivity contribution in [2.75, 3.05) is 0 Å². The molecular weight excluding hydrogens is 216 g/mol. The van der Waals surface area contributed by atoms with Crippen LogP contribution < -0.4 is 5.32 Å². The molecule has 3 heteroatoms. The van der Waals surface area contributed by atoms with Gasteiger partial charge in [-0.1, -0.05) is 20.8 Å².